The van der Waals surface area contributed by atoms with Crippen LogP contribution in [0.15, 0.2) is 48.5 Å². The van der Waals surface area contributed by atoms with Gasteiger partial charge in [0.05, 0.1) is 11.6 Å². The van der Waals surface area contributed by atoms with Crippen molar-refractivity contribution < 1.29 is 9.59 Å². The van der Waals surface area contributed by atoms with E-state index in [9.17, 15) is 9.59 Å². The normalized spacial score (nSPS) is 16.0. The average Bonchev–Trinajstić information content (AvgIpc) is 2.59. The second-order valence-electron chi connectivity index (χ2n) is 5.44. The molecule has 0 saturated heterocycles. The summed E-state index contributed by atoms with van der Waals surface area (Å²) in [6.45, 7) is 0.375. The molecule has 23 heavy (non-hydrogen) atoms. The van der Waals surface area contributed by atoms with Crippen molar-refractivity contribution in [2.75, 3.05) is 11.9 Å². The molecule has 1 heterocycles. The molecular weight excluding hydrogens is 290 g/mol. The molecule has 3 rings (SSSR count). The van der Waals surface area contributed by atoms with Crippen LogP contribution >= 0.6 is 0 Å². The Hall–Kier alpha value is -3.13. The molecule has 0 fully saturated rings. The fraction of sp³-hybridized carbons (Fsp3) is 0.167. The number of anilines is 1. The summed E-state index contributed by atoms with van der Waals surface area (Å²) < 4.78 is 0. The molecule has 2 amide bonds. The smallest absolute Gasteiger partial charge is 0.251 e. The maximum atomic E-state index is 12.2. The summed E-state index contributed by atoms with van der Waals surface area (Å²) in [4.78, 5) is 24.0. The summed E-state index contributed by atoms with van der Waals surface area (Å²) >= 11 is 0. The third kappa shape index (κ3) is 3.22. The van der Waals surface area contributed by atoms with Crippen molar-refractivity contribution in [2.45, 2.75) is 12.3 Å². The SMILES string of the molecule is N#Cc1cccc(C(=O)NCC2CC(=O)Nc3ccccc32)c1. The van der Waals surface area contributed by atoms with E-state index in [2.05, 4.69) is 10.6 Å². The summed E-state index contributed by atoms with van der Waals surface area (Å²) in [5, 5.41) is 14.6. The zero-order valence-electron chi connectivity index (χ0n) is 12.4. The first-order chi connectivity index (χ1) is 11.2. The molecule has 2 aromatic carbocycles. The average molecular weight is 305 g/mol. The lowest BCUT2D eigenvalue weighted by Crippen LogP contribution is -2.33. The number of rotatable bonds is 3. The van der Waals surface area contributed by atoms with Crippen molar-refractivity contribution in [1.82, 2.24) is 5.32 Å². The highest BCUT2D eigenvalue weighted by molar-refractivity contribution is 5.96. The molecule has 1 aliphatic rings. The van der Waals surface area contributed by atoms with Crippen LogP contribution in [0.5, 0.6) is 0 Å². The van der Waals surface area contributed by atoms with E-state index in [-0.39, 0.29) is 17.7 Å². The largest absolute Gasteiger partial charge is 0.351 e. The summed E-state index contributed by atoms with van der Waals surface area (Å²) in [6, 6.07) is 16.2. The van der Waals surface area contributed by atoms with E-state index in [4.69, 9.17) is 5.26 Å². The van der Waals surface area contributed by atoms with Gasteiger partial charge in [-0.15, -0.1) is 0 Å². The second-order valence-corrected chi connectivity index (χ2v) is 5.44. The van der Waals surface area contributed by atoms with Gasteiger partial charge in [-0.2, -0.15) is 5.26 Å². The Morgan fingerprint density at radius 3 is 2.91 bits per heavy atom. The van der Waals surface area contributed by atoms with Gasteiger partial charge in [0.1, 0.15) is 0 Å². The number of fused-ring (bicyclic) bond motifs is 1. The minimum absolute atomic E-state index is 0.0468. The molecule has 1 unspecified atom stereocenters. The molecule has 0 spiro atoms. The molecule has 0 bridgehead atoms. The van der Waals surface area contributed by atoms with Crippen LogP contribution in [-0.4, -0.2) is 18.4 Å². The van der Waals surface area contributed by atoms with Crippen LogP contribution in [0, 0.1) is 11.3 Å². The van der Waals surface area contributed by atoms with Gasteiger partial charge >= 0.3 is 0 Å². The topological polar surface area (TPSA) is 82.0 Å². The molecule has 0 saturated carbocycles. The predicted octanol–water partition coefficient (Wildman–Crippen LogP) is 2.41. The quantitative estimate of drug-likeness (QED) is 0.913. The zero-order chi connectivity index (χ0) is 16.2. The van der Waals surface area contributed by atoms with Gasteiger partial charge in [-0.25, -0.2) is 0 Å². The lowest BCUT2D eigenvalue weighted by atomic mass is 9.90. The molecule has 5 nitrogen and oxygen atoms in total. The molecule has 1 aliphatic heterocycles. The molecular formula is C18H15N3O2. The van der Waals surface area contributed by atoms with Crippen molar-refractivity contribution in [3.05, 3.63) is 65.2 Å². The van der Waals surface area contributed by atoms with Crippen LogP contribution in [0.25, 0.3) is 0 Å². The number of para-hydroxylation sites is 1. The van der Waals surface area contributed by atoms with Gasteiger partial charge < -0.3 is 10.6 Å². The Balaban J connectivity index is 1.72. The number of nitriles is 1. The lowest BCUT2D eigenvalue weighted by molar-refractivity contribution is -0.116. The van der Waals surface area contributed by atoms with Gasteiger partial charge in [-0.3, -0.25) is 9.59 Å². The molecule has 114 valence electrons. The van der Waals surface area contributed by atoms with Crippen molar-refractivity contribution >= 4 is 17.5 Å². The number of carbonyl (C=O) groups is 2. The minimum atomic E-state index is -0.245. The molecule has 0 aromatic heterocycles. The Labute approximate surface area is 133 Å². The lowest BCUT2D eigenvalue weighted by Gasteiger charge is -2.25. The molecule has 1 atom stereocenters. The van der Waals surface area contributed by atoms with Gasteiger partial charge in [0.25, 0.3) is 5.91 Å². The maximum absolute atomic E-state index is 12.2. The highest BCUT2D eigenvalue weighted by Crippen LogP contribution is 2.31. The monoisotopic (exact) mass is 305 g/mol. The number of amides is 2. The van der Waals surface area contributed by atoms with E-state index in [1.807, 2.05) is 30.3 Å². The van der Waals surface area contributed by atoms with Gasteiger partial charge in [-0.05, 0) is 29.8 Å². The van der Waals surface area contributed by atoms with Gasteiger partial charge in [0, 0.05) is 30.1 Å². The first kappa shape index (κ1) is 14.8. The summed E-state index contributed by atoms with van der Waals surface area (Å²) in [6.07, 6.45) is 0.343. The van der Waals surface area contributed by atoms with Crippen molar-refractivity contribution in [3.8, 4) is 6.07 Å². The predicted molar refractivity (Wildman–Crippen MR) is 85.9 cm³/mol. The van der Waals surface area contributed by atoms with E-state index in [0.29, 0.717) is 24.1 Å². The first-order valence-electron chi connectivity index (χ1n) is 7.34. The van der Waals surface area contributed by atoms with Crippen LogP contribution in [0.4, 0.5) is 5.69 Å². The summed E-state index contributed by atoms with van der Waals surface area (Å²) in [7, 11) is 0. The minimum Gasteiger partial charge on any atom is -0.351 e. The van der Waals surface area contributed by atoms with E-state index in [0.717, 1.165) is 11.3 Å². The van der Waals surface area contributed by atoms with Crippen molar-refractivity contribution in [2.24, 2.45) is 0 Å². The number of hydrogen-bond donors (Lipinski definition) is 2. The Bertz CT molecular complexity index is 808. The van der Waals surface area contributed by atoms with Crippen LogP contribution in [0.1, 0.15) is 33.8 Å². The van der Waals surface area contributed by atoms with Crippen molar-refractivity contribution in [1.29, 1.82) is 5.26 Å². The fourth-order valence-corrected chi connectivity index (χ4v) is 2.73. The van der Waals surface area contributed by atoms with Gasteiger partial charge in [0.2, 0.25) is 5.91 Å². The summed E-state index contributed by atoms with van der Waals surface area (Å²) in [5.74, 6) is -0.344. The Morgan fingerprint density at radius 2 is 2.09 bits per heavy atom. The molecule has 2 N–H and O–H groups in total. The number of benzene rings is 2. The second kappa shape index (κ2) is 6.32. The van der Waals surface area contributed by atoms with Gasteiger partial charge in [-0.1, -0.05) is 24.3 Å². The molecule has 0 aliphatic carbocycles. The summed E-state index contributed by atoms with van der Waals surface area (Å²) in [5.41, 5.74) is 2.71. The molecule has 2 aromatic rings. The maximum Gasteiger partial charge on any atom is 0.251 e. The third-order valence-electron chi connectivity index (χ3n) is 3.87. The number of nitrogens with zero attached hydrogens (tertiary/aromatic N) is 1. The Kier molecular flexibility index (Phi) is 4.07. The Morgan fingerprint density at radius 1 is 1.26 bits per heavy atom. The van der Waals surface area contributed by atoms with E-state index >= 15 is 0 Å². The highest BCUT2D eigenvalue weighted by atomic mass is 16.2. The van der Waals surface area contributed by atoms with E-state index in [1.165, 1.54) is 0 Å². The third-order valence-corrected chi connectivity index (χ3v) is 3.87. The van der Waals surface area contributed by atoms with Gasteiger partial charge in [0.15, 0.2) is 0 Å². The number of carbonyl (C=O) groups excluding carboxylic acids is 2. The molecule has 5 heteroatoms. The first-order valence-corrected chi connectivity index (χ1v) is 7.34. The van der Waals surface area contributed by atoms with Crippen molar-refractivity contribution in [3.63, 3.8) is 0 Å². The zero-order valence-corrected chi connectivity index (χ0v) is 12.4. The van der Waals surface area contributed by atoms with E-state index < -0.39 is 0 Å². The molecule has 0 radical (unpaired) electrons. The van der Waals surface area contributed by atoms with Crippen LogP contribution in [0.2, 0.25) is 0 Å². The number of nitrogens with one attached hydrogen (secondary N) is 2. The van der Waals surface area contributed by atoms with Crippen LogP contribution in [-0.2, 0) is 4.79 Å². The standard InChI is InChI=1S/C18H15N3O2/c19-10-12-4-3-5-13(8-12)18(23)20-11-14-9-17(22)21-16-7-2-1-6-15(14)16/h1-8,14H,9,11H2,(H,20,23)(H,21,22). The van der Waals surface area contributed by atoms with E-state index in [1.54, 1.807) is 24.3 Å². The van der Waals surface area contributed by atoms with Crippen LogP contribution in [0.3, 0.4) is 0 Å². The fourth-order valence-electron chi connectivity index (χ4n) is 2.73. The highest BCUT2D eigenvalue weighted by Gasteiger charge is 2.25. The number of hydrogen-bond acceptors (Lipinski definition) is 3. The van der Waals surface area contributed by atoms with Crippen LogP contribution < -0.4 is 10.6 Å².